The van der Waals surface area contributed by atoms with Crippen LogP contribution in [0.1, 0.15) is 45.6 Å². The van der Waals surface area contributed by atoms with E-state index in [0.717, 1.165) is 30.8 Å². The Balaban J connectivity index is 2.49. The summed E-state index contributed by atoms with van der Waals surface area (Å²) >= 11 is 0. The average Bonchev–Trinajstić information content (AvgIpc) is 2.56. The second-order valence-corrected chi connectivity index (χ2v) is 6.81. The molecule has 0 bridgehead atoms. The van der Waals surface area contributed by atoms with Crippen molar-refractivity contribution in [3.63, 3.8) is 0 Å². The van der Waals surface area contributed by atoms with Crippen molar-refractivity contribution in [2.45, 2.75) is 52.0 Å². The van der Waals surface area contributed by atoms with Gasteiger partial charge in [-0.25, -0.2) is 0 Å². The van der Waals surface area contributed by atoms with Gasteiger partial charge in [-0.2, -0.15) is 0 Å². The van der Waals surface area contributed by atoms with Gasteiger partial charge < -0.3 is 20.3 Å². The fraction of sp³-hybridized carbons (Fsp3) is 0.632. The molecule has 24 heavy (non-hydrogen) atoms. The molecule has 1 aromatic carbocycles. The number of carbonyl (C=O) groups excluding carboxylic acids is 1. The lowest BCUT2D eigenvalue weighted by Crippen LogP contribution is -2.53. The maximum absolute atomic E-state index is 11.3. The van der Waals surface area contributed by atoms with Crippen LogP contribution in [0, 0.1) is 5.92 Å². The van der Waals surface area contributed by atoms with Gasteiger partial charge in [-0.1, -0.05) is 26.0 Å². The average molecular weight is 337 g/mol. The third-order valence-corrected chi connectivity index (χ3v) is 4.06. The van der Waals surface area contributed by atoms with Crippen LogP contribution in [-0.4, -0.2) is 41.5 Å². The first-order valence-electron chi connectivity index (χ1n) is 8.63. The summed E-state index contributed by atoms with van der Waals surface area (Å²) in [4.78, 5) is 11.3. The van der Waals surface area contributed by atoms with Crippen LogP contribution in [0.25, 0.3) is 0 Å². The highest BCUT2D eigenvalue weighted by Crippen LogP contribution is 2.18. The summed E-state index contributed by atoms with van der Waals surface area (Å²) in [5, 5.41) is 21.7. The summed E-state index contributed by atoms with van der Waals surface area (Å²) in [5.41, 5.74) is 0.0962. The van der Waals surface area contributed by atoms with Gasteiger partial charge in [-0.05, 0) is 49.3 Å². The SMILES string of the molecule is CC(=O)NC(CO)(CO)CCc1ccc(OCCCC(C)C)cc1. The zero-order chi connectivity index (χ0) is 18.0. The number of carbonyl (C=O) groups is 1. The van der Waals surface area contributed by atoms with Crippen LogP contribution in [0.15, 0.2) is 24.3 Å². The van der Waals surface area contributed by atoms with Gasteiger partial charge in [-0.15, -0.1) is 0 Å². The van der Waals surface area contributed by atoms with E-state index >= 15 is 0 Å². The van der Waals surface area contributed by atoms with Crippen LogP contribution in [0.5, 0.6) is 5.75 Å². The van der Waals surface area contributed by atoms with Crippen LogP contribution in [0.4, 0.5) is 0 Å². The van der Waals surface area contributed by atoms with E-state index in [2.05, 4.69) is 19.2 Å². The maximum Gasteiger partial charge on any atom is 0.217 e. The zero-order valence-corrected chi connectivity index (χ0v) is 15.0. The van der Waals surface area contributed by atoms with Gasteiger partial charge in [0, 0.05) is 6.92 Å². The normalized spacial score (nSPS) is 11.6. The molecule has 1 aromatic rings. The summed E-state index contributed by atoms with van der Waals surface area (Å²) in [6.45, 7) is 5.92. The molecule has 0 unspecified atom stereocenters. The van der Waals surface area contributed by atoms with Crippen molar-refractivity contribution in [2.75, 3.05) is 19.8 Å². The first-order chi connectivity index (χ1) is 11.4. The highest BCUT2D eigenvalue weighted by molar-refractivity contribution is 5.73. The van der Waals surface area contributed by atoms with Gasteiger partial charge in [0.15, 0.2) is 0 Å². The predicted octanol–water partition coefficient (Wildman–Crippen LogP) is 2.29. The molecule has 0 atom stereocenters. The molecule has 0 fully saturated rings. The number of aliphatic hydroxyl groups excluding tert-OH is 2. The van der Waals surface area contributed by atoms with E-state index in [-0.39, 0.29) is 19.1 Å². The molecule has 0 aromatic heterocycles. The van der Waals surface area contributed by atoms with Gasteiger partial charge >= 0.3 is 0 Å². The van der Waals surface area contributed by atoms with E-state index in [1.165, 1.54) is 6.92 Å². The van der Waals surface area contributed by atoms with Crippen molar-refractivity contribution in [1.82, 2.24) is 5.32 Å². The molecule has 5 nitrogen and oxygen atoms in total. The molecular weight excluding hydrogens is 306 g/mol. The Kier molecular flexibility index (Phi) is 8.79. The highest BCUT2D eigenvalue weighted by Gasteiger charge is 2.29. The number of hydrogen-bond acceptors (Lipinski definition) is 4. The molecule has 0 heterocycles. The standard InChI is InChI=1S/C19H31NO4/c1-15(2)5-4-12-24-18-8-6-17(7-9-18)10-11-19(13-21,14-22)20-16(3)23/h6-9,15,21-22H,4-5,10-14H2,1-3H3,(H,20,23). The lowest BCUT2D eigenvalue weighted by Gasteiger charge is -2.30. The molecule has 3 N–H and O–H groups in total. The van der Waals surface area contributed by atoms with E-state index in [1.54, 1.807) is 0 Å². The van der Waals surface area contributed by atoms with Gasteiger partial charge in [0.25, 0.3) is 0 Å². The Hall–Kier alpha value is -1.59. The third-order valence-electron chi connectivity index (χ3n) is 4.06. The highest BCUT2D eigenvalue weighted by atomic mass is 16.5. The lowest BCUT2D eigenvalue weighted by atomic mass is 9.92. The van der Waals surface area contributed by atoms with Crippen LogP contribution in [0.2, 0.25) is 0 Å². The topological polar surface area (TPSA) is 78.8 Å². The number of hydrogen-bond donors (Lipinski definition) is 3. The minimum absolute atomic E-state index is 0.261. The molecule has 0 saturated heterocycles. The summed E-state index contributed by atoms with van der Waals surface area (Å²) in [7, 11) is 0. The van der Waals surface area contributed by atoms with Crippen molar-refractivity contribution in [1.29, 1.82) is 0 Å². The van der Waals surface area contributed by atoms with Crippen LogP contribution >= 0.6 is 0 Å². The number of amides is 1. The minimum atomic E-state index is -0.974. The van der Waals surface area contributed by atoms with Gasteiger partial charge in [-0.3, -0.25) is 4.79 Å². The van der Waals surface area contributed by atoms with Crippen molar-refractivity contribution in [2.24, 2.45) is 5.92 Å². The van der Waals surface area contributed by atoms with Gasteiger partial charge in [0.05, 0.1) is 25.4 Å². The Morgan fingerprint density at radius 2 is 1.83 bits per heavy atom. The number of benzene rings is 1. The summed E-state index contributed by atoms with van der Waals surface area (Å²) in [6.07, 6.45) is 3.32. The summed E-state index contributed by atoms with van der Waals surface area (Å²) in [6, 6.07) is 7.82. The molecule has 1 rings (SSSR count). The van der Waals surface area contributed by atoms with Crippen LogP contribution in [0.3, 0.4) is 0 Å². The quantitative estimate of drug-likeness (QED) is 0.541. The number of aryl methyl sites for hydroxylation is 1. The summed E-state index contributed by atoms with van der Waals surface area (Å²) < 4.78 is 5.71. The molecule has 136 valence electrons. The molecule has 0 aliphatic carbocycles. The third kappa shape index (κ3) is 7.32. The molecule has 1 amide bonds. The maximum atomic E-state index is 11.3. The number of rotatable bonds is 11. The molecule has 0 radical (unpaired) electrons. The van der Waals surface area contributed by atoms with Crippen molar-refractivity contribution < 1.29 is 19.7 Å². The van der Waals surface area contributed by atoms with Crippen LogP contribution < -0.4 is 10.1 Å². The van der Waals surface area contributed by atoms with E-state index in [0.29, 0.717) is 18.8 Å². The van der Waals surface area contributed by atoms with E-state index in [4.69, 9.17) is 4.74 Å². The largest absolute Gasteiger partial charge is 0.494 e. The smallest absolute Gasteiger partial charge is 0.217 e. The molecule has 0 saturated carbocycles. The first kappa shape index (κ1) is 20.5. The lowest BCUT2D eigenvalue weighted by molar-refractivity contribution is -0.122. The Morgan fingerprint density at radius 3 is 2.33 bits per heavy atom. The zero-order valence-electron chi connectivity index (χ0n) is 15.0. The Bertz CT molecular complexity index is 481. The van der Waals surface area contributed by atoms with Crippen molar-refractivity contribution >= 4 is 5.91 Å². The second-order valence-electron chi connectivity index (χ2n) is 6.81. The molecule has 5 heteroatoms. The van der Waals surface area contributed by atoms with Crippen molar-refractivity contribution in [3.05, 3.63) is 29.8 Å². The van der Waals surface area contributed by atoms with Crippen molar-refractivity contribution in [3.8, 4) is 5.75 Å². The number of ether oxygens (including phenoxy) is 1. The van der Waals surface area contributed by atoms with E-state index in [9.17, 15) is 15.0 Å². The summed E-state index contributed by atoms with van der Waals surface area (Å²) in [5.74, 6) is 1.28. The second kappa shape index (κ2) is 10.3. The Labute approximate surface area is 145 Å². The molecular formula is C19H31NO4. The monoisotopic (exact) mass is 337 g/mol. The fourth-order valence-electron chi connectivity index (χ4n) is 2.54. The minimum Gasteiger partial charge on any atom is -0.494 e. The van der Waals surface area contributed by atoms with Crippen LogP contribution in [-0.2, 0) is 11.2 Å². The fourth-order valence-corrected chi connectivity index (χ4v) is 2.54. The van der Waals surface area contributed by atoms with E-state index < -0.39 is 5.54 Å². The predicted molar refractivity (Wildman–Crippen MR) is 95.0 cm³/mol. The van der Waals surface area contributed by atoms with Gasteiger partial charge in [0.1, 0.15) is 5.75 Å². The van der Waals surface area contributed by atoms with E-state index in [1.807, 2.05) is 24.3 Å². The first-order valence-corrected chi connectivity index (χ1v) is 8.63. The number of aliphatic hydroxyl groups is 2. The molecule has 0 aliphatic rings. The number of nitrogens with one attached hydrogen (secondary N) is 1. The van der Waals surface area contributed by atoms with Gasteiger partial charge in [0.2, 0.25) is 5.91 Å². The molecule has 0 spiro atoms. The molecule has 0 aliphatic heterocycles. The Morgan fingerprint density at radius 1 is 1.21 bits per heavy atom.